The van der Waals surface area contributed by atoms with Gasteiger partial charge in [0.1, 0.15) is 5.75 Å². The van der Waals surface area contributed by atoms with Crippen LogP contribution in [0.15, 0.2) is 30.5 Å². The van der Waals surface area contributed by atoms with Gasteiger partial charge in [0, 0.05) is 31.0 Å². The number of primary amides is 1. The van der Waals surface area contributed by atoms with Crippen molar-refractivity contribution in [1.29, 1.82) is 5.26 Å². The molecule has 2 aromatic rings. The molecule has 1 aromatic heterocycles. The summed E-state index contributed by atoms with van der Waals surface area (Å²) in [4.78, 5) is 23.0. The van der Waals surface area contributed by atoms with Crippen molar-refractivity contribution in [2.24, 2.45) is 5.73 Å². The molecule has 0 atom stereocenters. The fraction of sp³-hybridized carbons (Fsp3) is 0.500. The van der Waals surface area contributed by atoms with Gasteiger partial charge in [0.05, 0.1) is 34.9 Å². The Kier molecular flexibility index (Phi) is 5.33. The average molecular weight is 433 g/mol. The van der Waals surface area contributed by atoms with Gasteiger partial charge in [-0.05, 0) is 63.1 Å². The number of rotatable bonds is 7. The summed E-state index contributed by atoms with van der Waals surface area (Å²) in [5.41, 5.74) is 7.38. The van der Waals surface area contributed by atoms with E-state index in [2.05, 4.69) is 26.3 Å². The average Bonchev–Trinajstić information content (AvgIpc) is 3.23. The number of ether oxygens (including phenoxy) is 1. The quantitative estimate of drug-likeness (QED) is 0.690. The number of aromatic nitrogens is 2. The van der Waals surface area contributed by atoms with E-state index in [0.29, 0.717) is 17.3 Å². The van der Waals surface area contributed by atoms with E-state index in [1.807, 2.05) is 18.2 Å². The first-order valence-electron chi connectivity index (χ1n) is 11.4. The third-order valence-electron chi connectivity index (χ3n) is 6.97. The Morgan fingerprint density at radius 2 is 2.00 bits per heavy atom. The van der Waals surface area contributed by atoms with E-state index in [4.69, 9.17) is 10.5 Å². The third kappa shape index (κ3) is 3.83. The van der Waals surface area contributed by atoms with Crippen molar-refractivity contribution >= 4 is 17.5 Å². The summed E-state index contributed by atoms with van der Waals surface area (Å²) in [5, 5.41) is 13.0. The SMILES string of the molecule is N#CC1(c2ccnc(NC3CN(c4ccc(C(N)=O)c(OC5CCCC5)c4)C3)n2)CCC1. The number of hydrogen-bond acceptors (Lipinski definition) is 7. The van der Waals surface area contributed by atoms with Crippen molar-refractivity contribution in [3.05, 3.63) is 41.7 Å². The van der Waals surface area contributed by atoms with Gasteiger partial charge in [-0.25, -0.2) is 9.97 Å². The topological polar surface area (TPSA) is 117 Å². The van der Waals surface area contributed by atoms with Gasteiger partial charge < -0.3 is 20.7 Å². The minimum absolute atomic E-state index is 0.158. The van der Waals surface area contributed by atoms with Crippen LogP contribution in [0.25, 0.3) is 0 Å². The first-order valence-corrected chi connectivity index (χ1v) is 11.4. The number of nitrogens with two attached hydrogens (primary N) is 1. The van der Waals surface area contributed by atoms with Crippen molar-refractivity contribution < 1.29 is 9.53 Å². The number of carbonyl (C=O) groups is 1. The molecule has 166 valence electrons. The van der Waals surface area contributed by atoms with Gasteiger partial charge in [-0.3, -0.25) is 4.79 Å². The van der Waals surface area contributed by atoms with E-state index in [0.717, 1.165) is 69.4 Å². The molecule has 8 heteroatoms. The largest absolute Gasteiger partial charge is 0.490 e. The van der Waals surface area contributed by atoms with E-state index in [9.17, 15) is 10.1 Å². The molecule has 0 unspecified atom stereocenters. The predicted molar refractivity (Wildman–Crippen MR) is 121 cm³/mol. The summed E-state index contributed by atoms with van der Waals surface area (Å²) >= 11 is 0. The van der Waals surface area contributed by atoms with E-state index >= 15 is 0 Å². The van der Waals surface area contributed by atoms with Crippen molar-refractivity contribution in [1.82, 2.24) is 9.97 Å². The lowest BCUT2D eigenvalue weighted by Crippen LogP contribution is -2.55. The fourth-order valence-corrected chi connectivity index (χ4v) is 4.81. The first kappa shape index (κ1) is 20.6. The molecule has 1 aromatic carbocycles. The van der Waals surface area contributed by atoms with Crippen molar-refractivity contribution in [3.63, 3.8) is 0 Å². The lowest BCUT2D eigenvalue weighted by Gasteiger charge is -2.41. The second-order valence-corrected chi connectivity index (χ2v) is 9.13. The van der Waals surface area contributed by atoms with Crippen LogP contribution in [0, 0.1) is 11.3 Å². The number of nitrogens with zero attached hydrogens (tertiary/aromatic N) is 4. The van der Waals surface area contributed by atoms with Crippen LogP contribution in [0.4, 0.5) is 11.6 Å². The summed E-state index contributed by atoms with van der Waals surface area (Å²) in [7, 11) is 0. The first-order chi connectivity index (χ1) is 15.6. The second-order valence-electron chi connectivity index (χ2n) is 9.13. The molecule has 3 aliphatic rings. The maximum Gasteiger partial charge on any atom is 0.252 e. The van der Waals surface area contributed by atoms with Crippen LogP contribution >= 0.6 is 0 Å². The number of amides is 1. The van der Waals surface area contributed by atoms with Gasteiger partial charge in [0.2, 0.25) is 5.95 Å². The van der Waals surface area contributed by atoms with Gasteiger partial charge in [-0.2, -0.15) is 5.26 Å². The number of nitrogens with one attached hydrogen (secondary N) is 1. The predicted octanol–water partition coefficient (Wildman–Crippen LogP) is 3.14. The smallest absolute Gasteiger partial charge is 0.252 e. The molecule has 1 saturated heterocycles. The summed E-state index contributed by atoms with van der Waals surface area (Å²) in [6.45, 7) is 1.57. The molecule has 2 aliphatic carbocycles. The zero-order chi connectivity index (χ0) is 22.1. The molecule has 0 radical (unpaired) electrons. The van der Waals surface area contributed by atoms with Crippen LogP contribution in [-0.2, 0) is 5.41 Å². The van der Waals surface area contributed by atoms with Crippen molar-refractivity contribution in [2.45, 2.75) is 62.5 Å². The van der Waals surface area contributed by atoms with E-state index in [-0.39, 0.29) is 12.1 Å². The molecular formula is C24H28N6O2. The molecule has 0 bridgehead atoms. The molecule has 1 amide bonds. The molecule has 3 N–H and O–H groups in total. The summed E-state index contributed by atoms with van der Waals surface area (Å²) in [6.07, 6.45) is 9.04. The van der Waals surface area contributed by atoms with Crippen LogP contribution in [0.3, 0.4) is 0 Å². The van der Waals surface area contributed by atoms with Gasteiger partial charge >= 0.3 is 0 Å². The highest BCUT2D eigenvalue weighted by atomic mass is 16.5. The van der Waals surface area contributed by atoms with Gasteiger partial charge in [-0.1, -0.05) is 0 Å². The number of anilines is 2. The summed E-state index contributed by atoms with van der Waals surface area (Å²) in [6, 6.07) is 10.1. The third-order valence-corrected chi connectivity index (χ3v) is 6.97. The second kappa shape index (κ2) is 8.30. The Bertz CT molecular complexity index is 1050. The Balaban J connectivity index is 1.24. The van der Waals surface area contributed by atoms with Crippen LogP contribution in [-0.4, -0.2) is 41.1 Å². The maximum atomic E-state index is 11.8. The monoisotopic (exact) mass is 432 g/mol. The Hall–Kier alpha value is -3.34. The summed E-state index contributed by atoms with van der Waals surface area (Å²) < 4.78 is 6.13. The molecule has 8 nitrogen and oxygen atoms in total. The standard InChI is InChI=1S/C24H28N6O2/c25-15-24(9-3-10-24)21-8-11-27-23(29-21)28-16-13-30(14-16)17-6-7-19(22(26)31)20(12-17)32-18-4-1-2-5-18/h6-8,11-12,16,18H,1-5,9-10,13-14H2,(H2,26,31)(H,27,28,29). The summed E-state index contributed by atoms with van der Waals surface area (Å²) in [5.74, 6) is 0.686. The van der Waals surface area contributed by atoms with Crippen LogP contribution in [0.5, 0.6) is 5.75 Å². The van der Waals surface area contributed by atoms with Gasteiger partial charge in [0.15, 0.2) is 0 Å². The van der Waals surface area contributed by atoms with Crippen LogP contribution in [0.2, 0.25) is 0 Å². The van der Waals surface area contributed by atoms with Crippen LogP contribution in [0.1, 0.15) is 61.0 Å². The number of nitriles is 1. The van der Waals surface area contributed by atoms with E-state index < -0.39 is 11.3 Å². The highest BCUT2D eigenvalue weighted by Gasteiger charge is 2.40. The Labute approximate surface area is 187 Å². The minimum atomic E-state index is -0.466. The van der Waals surface area contributed by atoms with Crippen molar-refractivity contribution in [3.8, 4) is 11.8 Å². The fourth-order valence-electron chi connectivity index (χ4n) is 4.81. The number of carbonyl (C=O) groups excluding carboxylic acids is 1. The van der Waals surface area contributed by atoms with Crippen molar-refractivity contribution in [2.75, 3.05) is 23.3 Å². The zero-order valence-corrected chi connectivity index (χ0v) is 18.1. The highest BCUT2D eigenvalue weighted by Crippen LogP contribution is 2.42. The normalized spacial score (nSPS) is 20.2. The molecule has 5 rings (SSSR count). The van der Waals surface area contributed by atoms with E-state index in [1.165, 1.54) is 0 Å². The molecular weight excluding hydrogens is 404 g/mol. The number of hydrogen-bond donors (Lipinski definition) is 2. The molecule has 1 aliphatic heterocycles. The van der Waals surface area contributed by atoms with Gasteiger partial charge in [-0.15, -0.1) is 0 Å². The van der Waals surface area contributed by atoms with E-state index in [1.54, 1.807) is 12.3 Å². The lowest BCUT2D eigenvalue weighted by molar-refractivity contribution is 0.0993. The molecule has 2 heterocycles. The Morgan fingerprint density at radius 3 is 2.66 bits per heavy atom. The van der Waals surface area contributed by atoms with Crippen LogP contribution < -0.4 is 20.7 Å². The molecule has 2 saturated carbocycles. The number of benzene rings is 1. The molecule has 3 fully saturated rings. The molecule has 32 heavy (non-hydrogen) atoms. The lowest BCUT2D eigenvalue weighted by atomic mass is 9.68. The molecule has 0 spiro atoms. The zero-order valence-electron chi connectivity index (χ0n) is 18.1. The maximum absolute atomic E-state index is 11.8. The highest BCUT2D eigenvalue weighted by molar-refractivity contribution is 5.96. The van der Waals surface area contributed by atoms with Gasteiger partial charge in [0.25, 0.3) is 5.91 Å². The Morgan fingerprint density at radius 1 is 1.22 bits per heavy atom. The minimum Gasteiger partial charge on any atom is -0.490 e.